The molecule has 4 heteroatoms. The smallest absolute Gasteiger partial charge is 0.118 e. The molecule has 2 aliphatic rings. The van der Waals surface area contributed by atoms with E-state index in [0.717, 1.165) is 36.8 Å². The van der Waals surface area contributed by atoms with Crippen molar-refractivity contribution in [2.75, 3.05) is 33.4 Å². The third-order valence-corrected chi connectivity index (χ3v) is 5.73. The molecule has 0 spiro atoms. The highest BCUT2D eigenvalue weighted by molar-refractivity contribution is 5.60. The first-order chi connectivity index (χ1) is 12.8. The van der Waals surface area contributed by atoms with Crippen LogP contribution in [-0.4, -0.2) is 49.3 Å². The molecule has 4 nitrogen and oxygen atoms in total. The molecule has 0 N–H and O–H groups in total. The van der Waals surface area contributed by atoms with Crippen LogP contribution < -0.4 is 4.74 Å². The summed E-state index contributed by atoms with van der Waals surface area (Å²) in [6.45, 7) is 4.18. The van der Waals surface area contributed by atoms with Crippen molar-refractivity contribution in [2.24, 2.45) is 0 Å². The van der Waals surface area contributed by atoms with Gasteiger partial charge in [0.05, 0.1) is 12.8 Å². The van der Waals surface area contributed by atoms with Crippen molar-refractivity contribution in [3.8, 4) is 17.0 Å². The molecule has 2 saturated heterocycles. The van der Waals surface area contributed by atoms with Gasteiger partial charge in [0, 0.05) is 43.0 Å². The van der Waals surface area contributed by atoms with Crippen molar-refractivity contribution in [1.82, 2.24) is 9.88 Å². The van der Waals surface area contributed by atoms with E-state index >= 15 is 0 Å². The normalized spacial score (nSPS) is 22.3. The number of nitrogens with zero attached hydrogens (tertiary/aromatic N) is 2. The Kier molecular flexibility index (Phi) is 5.51. The van der Waals surface area contributed by atoms with Crippen molar-refractivity contribution in [3.05, 3.63) is 48.2 Å². The van der Waals surface area contributed by atoms with Gasteiger partial charge in [-0.2, -0.15) is 0 Å². The average Bonchev–Trinajstić information content (AvgIpc) is 2.75. The summed E-state index contributed by atoms with van der Waals surface area (Å²) in [6, 6.07) is 15.3. The van der Waals surface area contributed by atoms with E-state index in [-0.39, 0.29) is 0 Å². The third kappa shape index (κ3) is 3.92. The molecule has 138 valence electrons. The number of rotatable bonds is 4. The minimum atomic E-state index is 0.532. The lowest BCUT2D eigenvalue weighted by molar-refractivity contribution is 0.0238. The van der Waals surface area contributed by atoms with E-state index < -0.39 is 0 Å². The maximum absolute atomic E-state index is 5.54. The molecule has 0 aliphatic carbocycles. The number of pyridine rings is 1. The minimum absolute atomic E-state index is 0.532. The number of hydrogen-bond acceptors (Lipinski definition) is 4. The second kappa shape index (κ2) is 8.19. The molecule has 2 aliphatic heterocycles. The van der Waals surface area contributed by atoms with Gasteiger partial charge in [0.15, 0.2) is 0 Å². The summed E-state index contributed by atoms with van der Waals surface area (Å²) < 4.78 is 10.8. The van der Waals surface area contributed by atoms with Gasteiger partial charge in [0.1, 0.15) is 5.75 Å². The fourth-order valence-electron chi connectivity index (χ4n) is 4.23. The number of piperidine rings is 1. The Hall–Kier alpha value is -1.91. The summed E-state index contributed by atoms with van der Waals surface area (Å²) in [7, 11) is 1.70. The van der Waals surface area contributed by atoms with Crippen molar-refractivity contribution >= 4 is 0 Å². The quantitative estimate of drug-likeness (QED) is 0.829. The molecule has 0 radical (unpaired) electrons. The van der Waals surface area contributed by atoms with Gasteiger partial charge in [-0.1, -0.05) is 6.07 Å². The number of aromatic nitrogens is 1. The van der Waals surface area contributed by atoms with E-state index in [1.54, 1.807) is 7.11 Å². The first-order valence-corrected chi connectivity index (χ1v) is 9.76. The molecule has 0 saturated carbocycles. The van der Waals surface area contributed by atoms with E-state index in [0.29, 0.717) is 12.0 Å². The van der Waals surface area contributed by atoms with E-state index in [4.69, 9.17) is 14.5 Å². The van der Waals surface area contributed by atoms with Gasteiger partial charge >= 0.3 is 0 Å². The van der Waals surface area contributed by atoms with Crippen LogP contribution in [0.25, 0.3) is 11.3 Å². The molecule has 26 heavy (non-hydrogen) atoms. The summed E-state index contributed by atoms with van der Waals surface area (Å²) in [4.78, 5) is 7.69. The van der Waals surface area contributed by atoms with Crippen molar-refractivity contribution in [2.45, 2.75) is 37.6 Å². The number of methoxy groups -OCH3 is 1. The second-order valence-electron chi connectivity index (χ2n) is 7.35. The molecule has 4 rings (SSSR count). The first kappa shape index (κ1) is 17.5. The molecule has 1 aromatic heterocycles. The Morgan fingerprint density at radius 1 is 1.04 bits per heavy atom. The van der Waals surface area contributed by atoms with Gasteiger partial charge in [-0.25, -0.2) is 0 Å². The van der Waals surface area contributed by atoms with Crippen LogP contribution in [0.5, 0.6) is 5.75 Å². The SMILES string of the molecule is COc1ccc(-c2cccc([C@@H]3CCCN(C4CCOCC4)C3)n2)cc1. The highest BCUT2D eigenvalue weighted by Gasteiger charge is 2.28. The Labute approximate surface area is 156 Å². The van der Waals surface area contributed by atoms with Crippen molar-refractivity contribution < 1.29 is 9.47 Å². The van der Waals surface area contributed by atoms with Gasteiger partial charge < -0.3 is 9.47 Å². The maximum atomic E-state index is 5.54. The van der Waals surface area contributed by atoms with E-state index in [9.17, 15) is 0 Å². The lowest BCUT2D eigenvalue weighted by Gasteiger charge is -2.39. The Morgan fingerprint density at radius 3 is 2.62 bits per heavy atom. The number of benzene rings is 1. The lowest BCUT2D eigenvalue weighted by Crippen LogP contribution is -2.44. The highest BCUT2D eigenvalue weighted by atomic mass is 16.5. The zero-order valence-corrected chi connectivity index (χ0v) is 15.6. The van der Waals surface area contributed by atoms with E-state index in [1.165, 1.54) is 37.9 Å². The van der Waals surface area contributed by atoms with Gasteiger partial charge in [0.25, 0.3) is 0 Å². The molecule has 0 unspecified atom stereocenters. The summed E-state index contributed by atoms with van der Waals surface area (Å²) in [5, 5.41) is 0. The largest absolute Gasteiger partial charge is 0.497 e. The lowest BCUT2D eigenvalue weighted by atomic mass is 9.91. The van der Waals surface area contributed by atoms with Gasteiger partial charge in [0.2, 0.25) is 0 Å². The molecular formula is C22H28N2O2. The van der Waals surface area contributed by atoms with E-state index in [1.807, 2.05) is 12.1 Å². The first-order valence-electron chi connectivity index (χ1n) is 9.76. The number of ether oxygens (including phenoxy) is 2. The predicted octanol–water partition coefficient (Wildman–Crippen LogP) is 4.12. The zero-order chi connectivity index (χ0) is 17.8. The molecular weight excluding hydrogens is 324 g/mol. The Balaban J connectivity index is 1.49. The standard InChI is InChI=1S/C22H28N2O2/c1-25-20-9-7-17(8-10-20)21-5-2-6-22(23-21)18-4-3-13-24(16-18)19-11-14-26-15-12-19/h2,5-10,18-19H,3-4,11-16H2,1H3/t18-/m1/s1. The Bertz CT molecular complexity index is 710. The van der Waals surface area contributed by atoms with Crippen LogP contribution in [0.2, 0.25) is 0 Å². The van der Waals surface area contributed by atoms with Gasteiger partial charge in [-0.3, -0.25) is 9.88 Å². The summed E-state index contributed by atoms with van der Waals surface area (Å²) in [5.74, 6) is 1.41. The van der Waals surface area contributed by atoms with Crippen LogP contribution in [0.15, 0.2) is 42.5 Å². The third-order valence-electron chi connectivity index (χ3n) is 5.73. The fraction of sp³-hybridized carbons (Fsp3) is 0.500. The molecule has 1 atom stereocenters. The van der Waals surface area contributed by atoms with Crippen LogP contribution in [0, 0.1) is 0 Å². The average molecular weight is 352 g/mol. The van der Waals surface area contributed by atoms with Gasteiger partial charge in [-0.15, -0.1) is 0 Å². The molecule has 2 aromatic rings. The second-order valence-corrected chi connectivity index (χ2v) is 7.35. The van der Waals surface area contributed by atoms with Crippen molar-refractivity contribution in [1.29, 1.82) is 0 Å². The summed E-state index contributed by atoms with van der Waals surface area (Å²) in [5.41, 5.74) is 3.42. The molecule has 0 amide bonds. The van der Waals surface area contributed by atoms with Crippen LogP contribution >= 0.6 is 0 Å². The summed E-state index contributed by atoms with van der Waals surface area (Å²) in [6.07, 6.45) is 4.84. The fourth-order valence-corrected chi connectivity index (χ4v) is 4.23. The molecule has 1 aromatic carbocycles. The molecule has 3 heterocycles. The summed E-state index contributed by atoms with van der Waals surface area (Å²) >= 11 is 0. The zero-order valence-electron chi connectivity index (χ0n) is 15.6. The van der Waals surface area contributed by atoms with Crippen LogP contribution in [-0.2, 0) is 4.74 Å². The highest BCUT2D eigenvalue weighted by Crippen LogP contribution is 2.30. The van der Waals surface area contributed by atoms with Gasteiger partial charge in [-0.05, 0) is 68.6 Å². The van der Waals surface area contributed by atoms with E-state index in [2.05, 4.69) is 35.2 Å². The number of likely N-dealkylation sites (tertiary alicyclic amines) is 1. The molecule has 2 fully saturated rings. The Morgan fingerprint density at radius 2 is 1.85 bits per heavy atom. The van der Waals surface area contributed by atoms with Crippen LogP contribution in [0.4, 0.5) is 0 Å². The minimum Gasteiger partial charge on any atom is -0.497 e. The van der Waals surface area contributed by atoms with Crippen LogP contribution in [0.3, 0.4) is 0 Å². The molecule has 0 bridgehead atoms. The monoisotopic (exact) mass is 352 g/mol. The maximum Gasteiger partial charge on any atom is 0.118 e. The topological polar surface area (TPSA) is 34.6 Å². The predicted molar refractivity (Wildman–Crippen MR) is 104 cm³/mol. The number of hydrogen-bond donors (Lipinski definition) is 0. The van der Waals surface area contributed by atoms with Crippen molar-refractivity contribution in [3.63, 3.8) is 0 Å². The van der Waals surface area contributed by atoms with Crippen LogP contribution in [0.1, 0.15) is 37.3 Å².